The molecule has 0 aromatic heterocycles. The van der Waals surface area contributed by atoms with Crippen LogP contribution in [0.2, 0.25) is 0 Å². The van der Waals surface area contributed by atoms with Crippen LogP contribution in [0.3, 0.4) is 0 Å². The van der Waals surface area contributed by atoms with Gasteiger partial charge in [0.05, 0.1) is 34.2 Å². The molecule has 1 saturated carbocycles. The van der Waals surface area contributed by atoms with E-state index in [4.69, 9.17) is 10.2 Å². The number of unbranched alkanes of at least 4 members (excludes halogenated alkanes) is 2. The molecule has 81 heavy (non-hydrogen) atoms. The molecule has 0 saturated heterocycles. The second kappa shape index (κ2) is 35.3. The first-order chi connectivity index (χ1) is 37.8. The van der Waals surface area contributed by atoms with Crippen molar-refractivity contribution in [1.82, 2.24) is 9.80 Å². The molecule has 1 fully saturated rings. The molecule has 5 rings (SSSR count). The molecule has 4 aromatic rings. The Labute approximate surface area is 467 Å². The number of aliphatic hydroxyl groups is 1. The average molecular weight is 1170 g/mol. The monoisotopic (exact) mass is 1170 g/mol. The number of aliphatic carboxylic acids is 2. The minimum Gasteiger partial charge on any atom is -0.481 e. The van der Waals surface area contributed by atoms with Gasteiger partial charge in [0.25, 0.3) is 0 Å². The van der Waals surface area contributed by atoms with Crippen molar-refractivity contribution in [2.24, 2.45) is 11.8 Å². The quantitative estimate of drug-likeness (QED) is 0.0377. The average Bonchev–Trinajstić information content (AvgIpc) is 3.45. The fourth-order valence-corrected chi connectivity index (χ4v) is 8.53. The van der Waals surface area contributed by atoms with Crippen molar-refractivity contribution in [2.75, 3.05) is 33.3 Å². The van der Waals surface area contributed by atoms with Crippen LogP contribution in [-0.4, -0.2) is 82.4 Å². The first kappa shape index (κ1) is 73.2. The largest absolute Gasteiger partial charge is 0.481 e. The highest BCUT2D eigenvalue weighted by Gasteiger charge is 2.37. The van der Waals surface area contributed by atoms with Gasteiger partial charge in [-0.15, -0.1) is 0 Å². The zero-order valence-corrected chi connectivity index (χ0v) is 47.1. The summed E-state index contributed by atoms with van der Waals surface area (Å²) in [5, 5.41) is 25.6. The number of alkyl halides is 12. The molecule has 0 heterocycles. The van der Waals surface area contributed by atoms with Crippen LogP contribution in [0.5, 0.6) is 0 Å². The Balaban J connectivity index is 0.000000614. The van der Waals surface area contributed by atoms with Gasteiger partial charge in [-0.25, -0.2) is 0 Å². The third-order valence-electron chi connectivity index (χ3n) is 13.6. The number of aldehydes is 1. The van der Waals surface area contributed by atoms with Crippen molar-refractivity contribution < 1.29 is 87.2 Å². The number of aliphatic hydroxyl groups excluding tert-OH is 1. The Morgan fingerprint density at radius 1 is 0.531 bits per heavy atom. The zero-order chi connectivity index (χ0) is 61.9. The van der Waals surface area contributed by atoms with E-state index in [0.29, 0.717) is 31.2 Å². The zero-order valence-electron chi connectivity index (χ0n) is 47.1. The number of benzene rings is 4. The summed E-state index contributed by atoms with van der Waals surface area (Å²) in [4.78, 5) is 49.9. The summed E-state index contributed by atoms with van der Waals surface area (Å²) in [5.74, 6) is -2.79. The van der Waals surface area contributed by atoms with E-state index in [-0.39, 0.29) is 48.0 Å². The molecule has 0 radical (unpaired) electrons. The number of Topliss-reactive ketones (excluding diaryl/α,β-unsaturated/α-hetero) is 1. The molecule has 0 spiro atoms. The number of nitrogens with zero attached hydrogens (tertiary/aromatic N) is 2. The van der Waals surface area contributed by atoms with Crippen molar-refractivity contribution in [3.05, 3.63) is 142 Å². The van der Waals surface area contributed by atoms with Crippen LogP contribution < -0.4 is 0 Å². The first-order valence-corrected chi connectivity index (χ1v) is 26.9. The van der Waals surface area contributed by atoms with Gasteiger partial charge in [0, 0.05) is 32.0 Å². The summed E-state index contributed by atoms with van der Waals surface area (Å²) < 4.78 is 154. The van der Waals surface area contributed by atoms with E-state index in [1.165, 1.54) is 80.3 Å². The highest BCUT2D eigenvalue weighted by Crippen LogP contribution is 2.37. The lowest BCUT2D eigenvalue weighted by Crippen LogP contribution is -2.42. The number of rotatable bonds is 23. The molecule has 454 valence electrons. The van der Waals surface area contributed by atoms with Gasteiger partial charge in [0.15, 0.2) is 0 Å². The van der Waals surface area contributed by atoms with Gasteiger partial charge in [-0.2, -0.15) is 52.7 Å². The molecule has 0 amide bonds. The topological polar surface area (TPSA) is 135 Å². The van der Waals surface area contributed by atoms with Gasteiger partial charge in [-0.3, -0.25) is 24.2 Å². The fraction of sp³-hybridized carbons (Fsp3) is 0.533. The highest BCUT2D eigenvalue weighted by molar-refractivity contribution is 5.88. The predicted octanol–water partition coefficient (Wildman–Crippen LogP) is 16.5. The van der Waals surface area contributed by atoms with Gasteiger partial charge in [0.2, 0.25) is 0 Å². The van der Waals surface area contributed by atoms with Crippen LogP contribution in [0.1, 0.15) is 181 Å². The number of hydrogen-bond acceptors (Lipinski definition) is 7. The Hall–Kier alpha value is -5.80. The highest BCUT2D eigenvalue weighted by atomic mass is 19.4. The van der Waals surface area contributed by atoms with Crippen LogP contribution in [0.15, 0.2) is 97.1 Å². The van der Waals surface area contributed by atoms with Crippen LogP contribution in [0, 0.1) is 11.8 Å². The molecule has 1 aliphatic rings. The molecule has 4 aromatic carbocycles. The van der Waals surface area contributed by atoms with E-state index in [2.05, 4.69) is 20.8 Å². The van der Waals surface area contributed by atoms with Crippen molar-refractivity contribution >= 4 is 24.0 Å². The van der Waals surface area contributed by atoms with Gasteiger partial charge >= 0.3 is 36.6 Å². The standard InChI is InChI=1S/C26H30F6N2O3.C14H15F3O.C10H9F3O2.C9H20.CH4O/c1-3-11-33(22(17-35)18-7-5-9-20(15-18)25(27,28)29)13-14-34(12-4-2)23(24(36)37)19-8-6-10-21(16-19)26(30,31)32;1-9(13(18)10-4-2-5-10)11-6-3-7-12(8-11)14(15,16)17;1-6(9(14)15)7-3-2-4-8(5-7)10(11,12)13;1-4-6-7-8-9(3)5-2;1-2/h5-10,15-17,22-23H,3-4,11-14H2,1-2H3,(H,36,37);3,6-10H,2,4-5H2,1H3;2-6H,1H3,(H,14,15);9H,4-8H2,1-3H3;2H,1H3. The van der Waals surface area contributed by atoms with Gasteiger partial charge in [-0.1, -0.05) is 141 Å². The van der Waals surface area contributed by atoms with Crippen LogP contribution in [0.4, 0.5) is 52.7 Å². The van der Waals surface area contributed by atoms with Gasteiger partial charge in [0.1, 0.15) is 18.1 Å². The minimum atomic E-state index is -4.64. The smallest absolute Gasteiger partial charge is 0.416 e. The molecule has 5 atom stereocenters. The molecule has 1 aliphatic carbocycles. The maximum atomic E-state index is 13.2. The fourth-order valence-electron chi connectivity index (χ4n) is 8.53. The molecule has 3 N–H and O–H groups in total. The summed E-state index contributed by atoms with van der Waals surface area (Å²) >= 11 is 0. The Kier molecular flexibility index (Phi) is 31.9. The maximum absolute atomic E-state index is 13.2. The Morgan fingerprint density at radius 2 is 0.914 bits per heavy atom. The SMILES string of the molecule is CC(C(=O)C1CCC1)c1cccc(C(F)(F)F)c1.CC(C(=O)O)c1cccc(C(F)(F)F)c1.CCCCCC(C)CC.CCCN(CCN(CCC)C(C(=O)O)c1cccc(C(F)(F)F)c1)C(C=O)c1cccc(C(F)(F)F)c1.CO. The Bertz CT molecular complexity index is 2490. The summed E-state index contributed by atoms with van der Waals surface area (Å²) in [6.07, 6.45) is -6.61. The van der Waals surface area contributed by atoms with Crippen LogP contribution in [-0.2, 0) is 43.9 Å². The van der Waals surface area contributed by atoms with Crippen LogP contribution in [0.25, 0.3) is 0 Å². The number of carboxylic acid groups (broad SMARTS) is 2. The number of ketones is 1. The summed E-state index contributed by atoms with van der Waals surface area (Å²) in [7, 11) is 1.00. The summed E-state index contributed by atoms with van der Waals surface area (Å²) in [6.45, 7) is 14.3. The van der Waals surface area contributed by atoms with Gasteiger partial charge in [-0.05, 0) is 110 Å². The number of carbonyl (C=O) groups excluding carboxylic acids is 2. The number of carboxylic acids is 2. The second-order valence-corrected chi connectivity index (χ2v) is 19.7. The van der Waals surface area contributed by atoms with E-state index in [0.717, 1.165) is 86.9 Å². The minimum absolute atomic E-state index is 0.0392. The third kappa shape index (κ3) is 25.1. The summed E-state index contributed by atoms with van der Waals surface area (Å²) in [6, 6.07) is 15.6. The lowest BCUT2D eigenvalue weighted by Gasteiger charge is -2.34. The first-order valence-electron chi connectivity index (χ1n) is 26.9. The normalized spacial score (nSPS) is 14.6. The molecule has 21 heteroatoms. The summed E-state index contributed by atoms with van der Waals surface area (Å²) in [5.41, 5.74) is -2.65. The van der Waals surface area contributed by atoms with Crippen molar-refractivity contribution in [3.8, 4) is 0 Å². The maximum Gasteiger partial charge on any atom is 0.416 e. The van der Waals surface area contributed by atoms with Crippen LogP contribution >= 0.6 is 0 Å². The van der Waals surface area contributed by atoms with E-state index < -0.39 is 82.8 Å². The number of hydrogen-bond donors (Lipinski definition) is 3. The number of carbonyl (C=O) groups is 4. The lowest BCUT2D eigenvalue weighted by molar-refractivity contribution is -0.144. The third-order valence-corrected chi connectivity index (χ3v) is 13.6. The molecule has 0 bridgehead atoms. The van der Waals surface area contributed by atoms with E-state index in [9.17, 15) is 77.0 Å². The predicted molar refractivity (Wildman–Crippen MR) is 287 cm³/mol. The molecule has 9 nitrogen and oxygen atoms in total. The second-order valence-electron chi connectivity index (χ2n) is 19.7. The van der Waals surface area contributed by atoms with Crippen molar-refractivity contribution in [2.45, 2.75) is 161 Å². The van der Waals surface area contributed by atoms with E-state index in [1.807, 2.05) is 6.92 Å². The lowest BCUT2D eigenvalue weighted by atomic mass is 9.76. The van der Waals surface area contributed by atoms with Gasteiger partial charge < -0.3 is 20.1 Å². The van der Waals surface area contributed by atoms with E-state index >= 15 is 0 Å². The molecule has 5 unspecified atom stereocenters. The van der Waals surface area contributed by atoms with E-state index in [1.54, 1.807) is 24.8 Å². The molecular weight excluding hydrogens is 1090 g/mol. The number of halogens is 12. The molecular formula is C60H78F12N2O7. The van der Waals surface area contributed by atoms with Crippen molar-refractivity contribution in [1.29, 1.82) is 0 Å². The van der Waals surface area contributed by atoms with Crippen molar-refractivity contribution in [3.63, 3.8) is 0 Å². The Morgan fingerprint density at radius 3 is 1.27 bits per heavy atom. The molecule has 0 aliphatic heterocycles.